The molecule has 1 fully saturated rings. The van der Waals surface area contributed by atoms with Gasteiger partial charge in [0.1, 0.15) is 0 Å². The Balaban J connectivity index is 2.79. The number of likely N-dealkylation sites (N-methyl/N-ethyl adjacent to an activating group) is 1. The van der Waals surface area contributed by atoms with E-state index in [1.54, 1.807) is 19.0 Å². The molecule has 0 aliphatic heterocycles. The highest BCUT2D eigenvalue weighted by Crippen LogP contribution is 2.31. The van der Waals surface area contributed by atoms with Crippen LogP contribution in [0.2, 0.25) is 0 Å². The van der Waals surface area contributed by atoms with Crippen LogP contribution in [0.25, 0.3) is 0 Å². The number of nitrogens with two attached hydrogens (primary N) is 1. The van der Waals surface area contributed by atoms with Crippen molar-refractivity contribution < 1.29 is 9.59 Å². The molecule has 1 rings (SSSR count). The van der Waals surface area contributed by atoms with Gasteiger partial charge in [-0.25, -0.2) is 0 Å². The van der Waals surface area contributed by atoms with Gasteiger partial charge in [-0.1, -0.05) is 26.7 Å². The second-order valence-electron chi connectivity index (χ2n) is 6.37. The Morgan fingerprint density at radius 2 is 2.00 bits per heavy atom. The number of nitrogens with zero attached hydrogens (tertiary/aromatic N) is 2. The van der Waals surface area contributed by atoms with Crippen LogP contribution in [0.5, 0.6) is 0 Å². The molecule has 1 aliphatic carbocycles. The first-order chi connectivity index (χ1) is 9.30. The Morgan fingerprint density at radius 3 is 2.50 bits per heavy atom. The van der Waals surface area contributed by atoms with Crippen molar-refractivity contribution in [3.05, 3.63) is 0 Å². The molecule has 20 heavy (non-hydrogen) atoms. The van der Waals surface area contributed by atoms with Crippen LogP contribution in [-0.4, -0.2) is 54.3 Å². The van der Waals surface area contributed by atoms with Crippen LogP contribution in [0.3, 0.4) is 0 Å². The monoisotopic (exact) mass is 283 g/mol. The molecular formula is C15H29N3O2. The molecule has 0 aromatic rings. The molecule has 0 aromatic carbocycles. The zero-order valence-electron chi connectivity index (χ0n) is 13.3. The summed E-state index contributed by atoms with van der Waals surface area (Å²) in [6, 6.07) is 0. The quantitative estimate of drug-likeness (QED) is 0.825. The normalized spacial score (nSPS) is 26.1. The van der Waals surface area contributed by atoms with Gasteiger partial charge in [0, 0.05) is 20.6 Å². The third-order valence-electron chi connectivity index (χ3n) is 4.06. The number of hydrogen-bond donors (Lipinski definition) is 1. The van der Waals surface area contributed by atoms with Crippen molar-refractivity contribution in [1.29, 1.82) is 0 Å². The van der Waals surface area contributed by atoms with Gasteiger partial charge >= 0.3 is 0 Å². The lowest BCUT2D eigenvalue weighted by Gasteiger charge is -2.39. The first-order valence-corrected chi connectivity index (χ1v) is 7.58. The molecule has 0 saturated heterocycles. The molecule has 0 radical (unpaired) electrons. The van der Waals surface area contributed by atoms with E-state index < -0.39 is 5.54 Å². The van der Waals surface area contributed by atoms with E-state index in [1.165, 1.54) is 4.90 Å². The van der Waals surface area contributed by atoms with Crippen molar-refractivity contribution in [3.8, 4) is 0 Å². The highest BCUT2D eigenvalue weighted by molar-refractivity contribution is 5.90. The minimum absolute atomic E-state index is 0.0545. The molecule has 116 valence electrons. The van der Waals surface area contributed by atoms with E-state index in [-0.39, 0.29) is 18.4 Å². The number of rotatable bonds is 5. The zero-order chi connectivity index (χ0) is 15.3. The van der Waals surface area contributed by atoms with Crippen LogP contribution in [0, 0.1) is 5.92 Å². The molecule has 1 aliphatic rings. The Morgan fingerprint density at radius 1 is 1.35 bits per heavy atom. The fourth-order valence-corrected chi connectivity index (χ4v) is 2.93. The van der Waals surface area contributed by atoms with Crippen molar-refractivity contribution in [1.82, 2.24) is 9.80 Å². The SMILES string of the molecule is CCCN(CC(=O)N(C)C)C(=O)C1(N)CCCC(C)C1. The Labute approximate surface area is 122 Å². The first-order valence-electron chi connectivity index (χ1n) is 7.58. The van der Waals surface area contributed by atoms with E-state index in [0.29, 0.717) is 12.5 Å². The largest absolute Gasteiger partial charge is 0.347 e. The van der Waals surface area contributed by atoms with E-state index >= 15 is 0 Å². The third-order valence-corrected chi connectivity index (χ3v) is 4.06. The predicted octanol–water partition coefficient (Wildman–Crippen LogP) is 1.22. The number of carbonyl (C=O) groups excluding carboxylic acids is 2. The highest BCUT2D eigenvalue weighted by Gasteiger charge is 2.40. The lowest BCUT2D eigenvalue weighted by atomic mass is 9.76. The maximum absolute atomic E-state index is 12.7. The number of hydrogen-bond acceptors (Lipinski definition) is 3. The maximum Gasteiger partial charge on any atom is 0.243 e. The summed E-state index contributed by atoms with van der Waals surface area (Å²) in [4.78, 5) is 27.8. The van der Waals surface area contributed by atoms with Crippen molar-refractivity contribution in [2.45, 2.75) is 51.5 Å². The molecule has 2 atom stereocenters. The van der Waals surface area contributed by atoms with Gasteiger partial charge in [-0.05, 0) is 25.2 Å². The minimum Gasteiger partial charge on any atom is -0.347 e. The minimum atomic E-state index is -0.778. The fourth-order valence-electron chi connectivity index (χ4n) is 2.93. The fraction of sp³-hybridized carbons (Fsp3) is 0.867. The molecule has 5 nitrogen and oxygen atoms in total. The molecule has 0 heterocycles. The van der Waals surface area contributed by atoms with Gasteiger partial charge in [0.25, 0.3) is 0 Å². The summed E-state index contributed by atoms with van der Waals surface area (Å²) in [5.41, 5.74) is 5.58. The first kappa shape index (κ1) is 17.0. The highest BCUT2D eigenvalue weighted by atomic mass is 16.2. The van der Waals surface area contributed by atoms with Gasteiger partial charge in [0.2, 0.25) is 11.8 Å². The Hall–Kier alpha value is -1.10. The summed E-state index contributed by atoms with van der Waals surface area (Å²) < 4.78 is 0. The standard InChI is InChI=1S/C15H29N3O2/c1-5-9-18(11-13(19)17(3)4)14(20)15(16)8-6-7-12(2)10-15/h12H,5-11,16H2,1-4H3. The van der Waals surface area contributed by atoms with Crippen molar-refractivity contribution in [3.63, 3.8) is 0 Å². The second kappa shape index (κ2) is 7.07. The van der Waals surface area contributed by atoms with Crippen LogP contribution in [0.15, 0.2) is 0 Å². The lowest BCUT2D eigenvalue weighted by molar-refractivity contribution is -0.144. The average molecular weight is 283 g/mol. The molecule has 1 saturated carbocycles. The van der Waals surface area contributed by atoms with Crippen molar-refractivity contribution in [2.24, 2.45) is 11.7 Å². The topological polar surface area (TPSA) is 66.6 Å². The van der Waals surface area contributed by atoms with E-state index in [2.05, 4.69) is 6.92 Å². The van der Waals surface area contributed by atoms with E-state index in [0.717, 1.165) is 32.1 Å². The van der Waals surface area contributed by atoms with Crippen LogP contribution in [-0.2, 0) is 9.59 Å². The van der Waals surface area contributed by atoms with E-state index in [9.17, 15) is 9.59 Å². The van der Waals surface area contributed by atoms with Gasteiger partial charge < -0.3 is 15.5 Å². The van der Waals surface area contributed by atoms with Crippen LogP contribution < -0.4 is 5.73 Å². The average Bonchev–Trinajstić information content (AvgIpc) is 2.36. The molecule has 5 heteroatoms. The van der Waals surface area contributed by atoms with Gasteiger partial charge in [-0.3, -0.25) is 9.59 Å². The maximum atomic E-state index is 12.7. The van der Waals surface area contributed by atoms with Crippen molar-refractivity contribution in [2.75, 3.05) is 27.2 Å². The van der Waals surface area contributed by atoms with E-state index in [4.69, 9.17) is 5.73 Å². The van der Waals surface area contributed by atoms with Gasteiger partial charge in [-0.2, -0.15) is 0 Å². The summed E-state index contributed by atoms with van der Waals surface area (Å²) in [6.07, 6.45) is 4.41. The molecule has 0 spiro atoms. The molecule has 2 amide bonds. The van der Waals surface area contributed by atoms with Gasteiger partial charge in [0.15, 0.2) is 0 Å². The van der Waals surface area contributed by atoms with Crippen LogP contribution in [0.1, 0.15) is 46.0 Å². The number of carbonyl (C=O) groups is 2. The summed E-state index contributed by atoms with van der Waals surface area (Å²) in [5.74, 6) is 0.367. The summed E-state index contributed by atoms with van der Waals surface area (Å²) in [7, 11) is 3.41. The molecule has 2 N–H and O–H groups in total. The summed E-state index contributed by atoms with van der Waals surface area (Å²) in [6.45, 7) is 4.87. The summed E-state index contributed by atoms with van der Waals surface area (Å²) >= 11 is 0. The smallest absolute Gasteiger partial charge is 0.243 e. The van der Waals surface area contributed by atoms with Crippen LogP contribution >= 0.6 is 0 Å². The van der Waals surface area contributed by atoms with Gasteiger partial charge in [0.05, 0.1) is 12.1 Å². The molecular weight excluding hydrogens is 254 g/mol. The third kappa shape index (κ3) is 4.20. The van der Waals surface area contributed by atoms with Gasteiger partial charge in [-0.15, -0.1) is 0 Å². The lowest BCUT2D eigenvalue weighted by Crippen LogP contribution is -2.58. The van der Waals surface area contributed by atoms with E-state index in [1.807, 2.05) is 6.92 Å². The molecule has 0 aromatic heterocycles. The second-order valence-corrected chi connectivity index (χ2v) is 6.37. The molecule has 2 unspecified atom stereocenters. The molecule has 0 bridgehead atoms. The Bertz CT molecular complexity index is 357. The predicted molar refractivity (Wildman–Crippen MR) is 80.1 cm³/mol. The summed E-state index contributed by atoms with van der Waals surface area (Å²) in [5, 5.41) is 0. The van der Waals surface area contributed by atoms with Crippen molar-refractivity contribution >= 4 is 11.8 Å². The number of amides is 2. The zero-order valence-corrected chi connectivity index (χ0v) is 13.3. The van der Waals surface area contributed by atoms with Crippen LogP contribution in [0.4, 0.5) is 0 Å². The Kier molecular flexibility index (Phi) is 5.99.